The van der Waals surface area contributed by atoms with E-state index in [4.69, 9.17) is 9.47 Å². The molecular weight excluding hydrogens is 460 g/mol. The Bertz CT molecular complexity index is 1500. The SMILES string of the molecule is COc1cccc(Oc2ccccc2N2CCN(CCCc3c[nH]c4c3ccc3cccnc34)CC2)c1. The second kappa shape index (κ2) is 10.5. The highest BCUT2D eigenvalue weighted by molar-refractivity contribution is 6.04. The van der Waals surface area contributed by atoms with Gasteiger partial charge in [-0.25, -0.2) is 0 Å². The van der Waals surface area contributed by atoms with E-state index in [9.17, 15) is 0 Å². The number of piperazine rings is 1. The monoisotopic (exact) mass is 492 g/mol. The summed E-state index contributed by atoms with van der Waals surface area (Å²) in [4.78, 5) is 13.1. The van der Waals surface area contributed by atoms with Crippen molar-refractivity contribution >= 4 is 27.5 Å². The molecule has 0 radical (unpaired) electrons. The Morgan fingerprint density at radius 1 is 0.892 bits per heavy atom. The van der Waals surface area contributed by atoms with Crippen LogP contribution in [0.3, 0.4) is 0 Å². The molecule has 3 aromatic carbocycles. The summed E-state index contributed by atoms with van der Waals surface area (Å²) in [7, 11) is 1.67. The standard InChI is InChI=1S/C31H32N4O2/c1-36-25-9-4-10-26(21-25)37-29-12-3-2-11-28(29)35-19-17-34(18-20-35)16-6-8-24-22-33-31-27(24)14-13-23-7-5-15-32-30(23)31/h2-5,7,9-15,21-22,33H,6,8,16-20H2,1H3. The Kier molecular flexibility index (Phi) is 6.65. The van der Waals surface area contributed by atoms with Crippen LogP contribution in [0.15, 0.2) is 85.2 Å². The number of hydrogen-bond donors (Lipinski definition) is 1. The molecule has 0 bridgehead atoms. The van der Waals surface area contributed by atoms with Gasteiger partial charge in [0.2, 0.25) is 0 Å². The van der Waals surface area contributed by atoms with Crippen molar-refractivity contribution in [2.75, 3.05) is 44.7 Å². The highest BCUT2D eigenvalue weighted by Crippen LogP contribution is 2.34. The Morgan fingerprint density at radius 3 is 2.65 bits per heavy atom. The molecule has 1 aliphatic heterocycles. The highest BCUT2D eigenvalue weighted by atomic mass is 16.5. The number of aromatic amines is 1. The Hall–Kier alpha value is -4.03. The minimum atomic E-state index is 0.784. The van der Waals surface area contributed by atoms with Crippen LogP contribution in [-0.4, -0.2) is 54.7 Å². The quantitative estimate of drug-likeness (QED) is 0.277. The van der Waals surface area contributed by atoms with Crippen LogP contribution >= 0.6 is 0 Å². The zero-order valence-corrected chi connectivity index (χ0v) is 21.2. The van der Waals surface area contributed by atoms with E-state index in [-0.39, 0.29) is 0 Å². The van der Waals surface area contributed by atoms with E-state index in [2.05, 4.69) is 56.3 Å². The average Bonchev–Trinajstić information content (AvgIpc) is 3.37. The van der Waals surface area contributed by atoms with Crippen LogP contribution in [-0.2, 0) is 6.42 Å². The van der Waals surface area contributed by atoms with Crippen LogP contribution in [0.2, 0.25) is 0 Å². The molecule has 1 fully saturated rings. The van der Waals surface area contributed by atoms with Gasteiger partial charge in [-0.05, 0) is 55.3 Å². The fraction of sp³-hybridized carbons (Fsp3) is 0.258. The third-order valence-electron chi connectivity index (χ3n) is 7.28. The van der Waals surface area contributed by atoms with Gasteiger partial charge in [0.05, 0.1) is 23.8 Å². The van der Waals surface area contributed by atoms with Crippen molar-refractivity contribution in [2.45, 2.75) is 12.8 Å². The van der Waals surface area contributed by atoms with Crippen molar-refractivity contribution in [1.82, 2.24) is 14.9 Å². The molecule has 0 amide bonds. The number of anilines is 1. The Morgan fingerprint density at radius 2 is 1.76 bits per heavy atom. The van der Waals surface area contributed by atoms with Crippen molar-refractivity contribution in [3.05, 3.63) is 90.8 Å². The van der Waals surface area contributed by atoms with E-state index in [1.165, 1.54) is 16.3 Å². The number of para-hydroxylation sites is 2. The fourth-order valence-electron chi connectivity index (χ4n) is 5.30. The van der Waals surface area contributed by atoms with Crippen molar-refractivity contribution in [3.8, 4) is 17.2 Å². The van der Waals surface area contributed by atoms with E-state index in [1.807, 2.05) is 48.7 Å². The van der Waals surface area contributed by atoms with Crippen LogP contribution in [0.25, 0.3) is 21.8 Å². The van der Waals surface area contributed by atoms with Crippen molar-refractivity contribution < 1.29 is 9.47 Å². The zero-order valence-electron chi connectivity index (χ0n) is 21.2. The minimum Gasteiger partial charge on any atom is -0.497 e. The molecule has 5 aromatic rings. The van der Waals surface area contributed by atoms with Gasteiger partial charge >= 0.3 is 0 Å². The number of aromatic nitrogens is 2. The van der Waals surface area contributed by atoms with E-state index < -0.39 is 0 Å². The molecule has 0 atom stereocenters. The van der Waals surface area contributed by atoms with Crippen LogP contribution in [0, 0.1) is 0 Å². The summed E-state index contributed by atoms with van der Waals surface area (Å²) in [6, 6.07) is 24.6. The summed E-state index contributed by atoms with van der Waals surface area (Å²) in [6.45, 7) is 5.19. The summed E-state index contributed by atoms with van der Waals surface area (Å²) < 4.78 is 11.6. The molecule has 6 heteroatoms. The van der Waals surface area contributed by atoms with Gasteiger partial charge in [0.1, 0.15) is 11.5 Å². The number of fused-ring (bicyclic) bond motifs is 3. The van der Waals surface area contributed by atoms with Gasteiger partial charge < -0.3 is 19.4 Å². The smallest absolute Gasteiger partial charge is 0.150 e. The molecule has 6 rings (SSSR count). The molecule has 0 spiro atoms. The first kappa shape index (κ1) is 23.4. The van der Waals surface area contributed by atoms with Gasteiger partial charge in [-0.3, -0.25) is 9.88 Å². The molecule has 0 unspecified atom stereocenters. The molecule has 1 aliphatic rings. The number of benzene rings is 3. The molecule has 1 N–H and O–H groups in total. The lowest BCUT2D eigenvalue weighted by molar-refractivity contribution is 0.254. The van der Waals surface area contributed by atoms with Crippen LogP contribution in [0.5, 0.6) is 17.2 Å². The number of pyridine rings is 1. The van der Waals surface area contributed by atoms with Crippen molar-refractivity contribution in [2.24, 2.45) is 0 Å². The lowest BCUT2D eigenvalue weighted by Crippen LogP contribution is -2.46. The second-order valence-electron chi connectivity index (χ2n) is 9.56. The summed E-state index contributed by atoms with van der Waals surface area (Å²) >= 11 is 0. The van der Waals surface area contributed by atoms with Gasteiger partial charge in [-0.1, -0.05) is 36.4 Å². The van der Waals surface area contributed by atoms with Crippen molar-refractivity contribution in [3.63, 3.8) is 0 Å². The number of ether oxygens (including phenoxy) is 2. The van der Waals surface area contributed by atoms with Crippen molar-refractivity contribution in [1.29, 1.82) is 0 Å². The molecule has 0 saturated carbocycles. The minimum absolute atomic E-state index is 0.784. The van der Waals surface area contributed by atoms with E-state index in [1.54, 1.807) is 7.11 Å². The third kappa shape index (κ3) is 4.98. The lowest BCUT2D eigenvalue weighted by Gasteiger charge is -2.36. The second-order valence-corrected chi connectivity index (χ2v) is 9.56. The molecule has 1 saturated heterocycles. The number of nitrogens with one attached hydrogen (secondary N) is 1. The van der Waals surface area contributed by atoms with Gasteiger partial charge in [-0.2, -0.15) is 0 Å². The maximum absolute atomic E-state index is 6.26. The van der Waals surface area contributed by atoms with Gasteiger partial charge in [0.15, 0.2) is 5.75 Å². The normalized spacial score (nSPS) is 14.4. The van der Waals surface area contributed by atoms with E-state index in [0.29, 0.717) is 0 Å². The number of aryl methyl sites for hydroxylation is 1. The van der Waals surface area contributed by atoms with Gasteiger partial charge in [-0.15, -0.1) is 0 Å². The third-order valence-corrected chi connectivity index (χ3v) is 7.28. The van der Waals surface area contributed by atoms with Gasteiger partial charge in [0, 0.05) is 55.4 Å². The Labute approximate surface area is 217 Å². The zero-order chi connectivity index (χ0) is 25.0. The summed E-state index contributed by atoms with van der Waals surface area (Å²) in [6.07, 6.45) is 6.24. The summed E-state index contributed by atoms with van der Waals surface area (Å²) in [5.74, 6) is 2.46. The first-order chi connectivity index (χ1) is 18.3. The number of nitrogens with zero attached hydrogens (tertiary/aromatic N) is 3. The maximum atomic E-state index is 6.26. The molecule has 6 nitrogen and oxygen atoms in total. The predicted molar refractivity (Wildman–Crippen MR) is 150 cm³/mol. The first-order valence-electron chi connectivity index (χ1n) is 13.0. The van der Waals surface area contributed by atoms with E-state index in [0.717, 1.165) is 79.5 Å². The molecule has 2 aromatic heterocycles. The number of hydrogen-bond acceptors (Lipinski definition) is 5. The molecule has 37 heavy (non-hydrogen) atoms. The van der Waals surface area contributed by atoms with Gasteiger partial charge in [0.25, 0.3) is 0 Å². The number of rotatable bonds is 8. The Balaban J connectivity index is 1.05. The highest BCUT2D eigenvalue weighted by Gasteiger charge is 2.20. The van der Waals surface area contributed by atoms with E-state index >= 15 is 0 Å². The topological polar surface area (TPSA) is 53.6 Å². The number of methoxy groups -OCH3 is 1. The first-order valence-corrected chi connectivity index (χ1v) is 13.0. The van der Waals surface area contributed by atoms with Crippen LogP contribution in [0.4, 0.5) is 5.69 Å². The average molecular weight is 493 g/mol. The number of H-pyrrole nitrogens is 1. The molecule has 0 aliphatic carbocycles. The fourth-order valence-corrected chi connectivity index (χ4v) is 5.30. The lowest BCUT2D eigenvalue weighted by atomic mass is 10.1. The van der Waals surface area contributed by atoms with Crippen LogP contribution < -0.4 is 14.4 Å². The maximum Gasteiger partial charge on any atom is 0.150 e. The van der Waals surface area contributed by atoms with Crippen LogP contribution in [0.1, 0.15) is 12.0 Å². The largest absolute Gasteiger partial charge is 0.497 e. The summed E-state index contributed by atoms with van der Waals surface area (Å²) in [5, 5.41) is 2.47. The molecular formula is C31H32N4O2. The summed E-state index contributed by atoms with van der Waals surface area (Å²) in [5.41, 5.74) is 4.73. The molecule has 188 valence electrons. The molecule has 3 heterocycles. The predicted octanol–water partition coefficient (Wildman–Crippen LogP) is 6.27.